The lowest BCUT2D eigenvalue weighted by Crippen LogP contribution is -2.42. The summed E-state index contributed by atoms with van der Waals surface area (Å²) in [6.45, 7) is 6.62. The van der Waals surface area contributed by atoms with Gasteiger partial charge in [0.1, 0.15) is 6.04 Å². The third-order valence-corrected chi connectivity index (χ3v) is 6.80. The zero-order chi connectivity index (χ0) is 20.9. The number of nitrogens with one attached hydrogen (secondary N) is 1. The first-order chi connectivity index (χ1) is 13.2. The maximum absolute atomic E-state index is 12.9. The molecule has 8 heteroatoms. The van der Waals surface area contributed by atoms with E-state index in [1.54, 1.807) is 13.0 Å². The number of sulfonamides is 1. The van der Waals surface area contributed by atoms with Crippen LogP contribution in [0.15, 0.2) is 23.1 Å². The first kappa shape index (κ1) is 22.4. The van der Waals surface area contributed by atoms with Crippen molar-refractivity contribution in [1.29, 1.82) is 0 Å². The van der Waals surface area contributed by atoms with Gasteiger partial charge in [0.15, 0.2) is 0 Å². The Bertz CT molecular complexity index is 814. The number of aryl methyl sites for hydroxylation is 1. The van der Waals surface area contributed by atoms with Gasteiger partial charge in [-0.15, -0.1) is 0 Å². The molecule has 28 heavy (non-hydrogen) atoms. The van der Waals surface area contributed by atoms with Gasteiger partial charge in [0.25, 0.3) is 5.91 Å². The molecule has 0 aromatic heterocycles. The molecule has 1 heterocycles. The van der Waals surface area contributed by atoms with Crippen molar-refractivity contribution in [1.82, 2.24) is 9.62 Å². The summed E-state index contributed by atoms with van der Waals surface area (Å²) in [7, 11) is -2.36. The van der Waals surface area contributed by atoms with Crippen LogP contribution in [0.25, 0.3) is 0 Å². The zero-order valence-corrected chi connectivity index (χ0v) is 17.8. The summed E-state index contributed by atoms with van der Waals surface area (Å²) in [5.41, 5.74) is 0.888. The monoisotopic (exact) mass is 410 g/mol. The predicted molar refractivity (Wildman–Crippen MR) is 107 cm³/mol. The summed E-state index contributed by atoms with van der Waals surface area (Å²) in [5.74, 6) is -0.822. The third kappa shape index (κ3) is 5.32. The van der Waals surface area contributed by atoms with Gasteiger partial charge in [-0.1, -0.05) is 26.3 Å². The van der Waals surface area contributed by atoms with Crippen LogP contribution in [-0.2, 0) is 19.6 Å². The molecule has 1 aromatic carbocycles. The second kappa shape index (κ2) is 9.52. The number of hydrogen-bond acceptors (Lipinski definition) is 5. The number of hydrogen-bond donors (Lipinski definition) is 1. The topological polar surface area (TPSA) is 92.8 Å². The van der Waals surface area contributed by atoms with E-state index in [2.05, 4.69) is 5.32 Å². The summed E-state index contributed by atoms with van der Waals surface area (Å²) >= 11 is 0. The normalized spacial score (nSPS) is 16.6. The molecule has 1 N–H and O–H groups in total. The maximum Gasteiger partial charge on any atom is 0.328 e. The van der Waals surface area contributed by atoms with Gasteiger partial charge in [-0.2, -0.15) is 4.31 Å². The van der Waals surface area contributed by atoms with Crippen molar-refractivity contribution >= 4 is 21.9 Å². The van der Waals surface area contributed by atoms with Crippen molar-refractivity contribution in [2.24, 2.45) is 5.92 Å². The molecule has 0 bridgehead atoms. The van der Waals surface area contributed by atoms with Crippen molar-refractivity contribution in [3.63, 3.8) is 0 Å². The number of carbonyl (C=O) groups is 2. The van der Waals surface area contributed by atoms with E-state index in [1.807, 2.05) is 13.8 Å². The number of piperidine rings is 1. The van der Waals surface area contributed by atoms with Crippen LogP contribution in [-0.4, -0.2) is 50.8 Å². The summed E-state index contributed by atoms with van der Waals surface area (Å²) in [5, 5.41) is 2.69. The highest BCUT2D eigenvalue weighted by Gasteiger charge is 2.28. The molecular weight excluding hydrogens is 380 g/mol. The SMILES string of the molecule is COC(=O)C(CC(C)C)NC(=O)c1cc(S(=O)(=O)N2CCCCC2)ccc1C. The number of amides is 1. The molecular formula is C20H30N2O5S. The molecule has 2 rings (SSSR count). The van der Waals surface area contributed by atoms with Gasteiger partial charge in [-0.3, -0.25) is 4.79 Å². The number of esters is 1. The highest BCUT2D eigenvalue weighted by atomic mass is 32.2. The molecule has 7 nitrogen and oxygen atoms in total. The number of ether oxygens (including phenoxy) is 1. The van der Waals surface area contributed by atoms with E-state index in [-0.39, 0.29) is 16.4 Å². The van der Waals surface area contributed by atoms with Crippen LogP contribution in [0.5, 0.6) is 0 Å². The van der Waals surface area contributed by atoms with E-state index in [0.29, 0.717) is 25.1 Å². The molecule has 156 valence electrons. The van der Waals surface area contributed by atoms with E-state index in [1.165, 1.54) is 23.5 Å². The zero-order valence-electron chi connectivity index (χ0n) is 17.0. The van der Waals surface area contributed by atoms with Crippen LogP contribution in [0.2, 0.25) is 0 Å². The van der Waals surface area contributed by atoms with Crippen molar-refractivity contribution in [3.05, 3.63) is 29.3 Å². The van der Waals surface area contributed by atoms with Crippen LogP contribution in [0, 0.1) is 12.8 Å². The molecule has 0 aliphatic carbocycles. The minimum Gasteiger partial charge on any atom is -0.467 e. The molecule has 1 unspecified atom stereocenters. The Labute approximate surface area is 167 Å². The van der Waals surface area contributed by atoms with Gasteiger partial charge in [0, 0.05) is 18.7 Å². The lowest BCUT2D eigenvalue weighted by molar-refractivity contribution is -0.143. The highest BCUT2D eigenvalue weighted by molar-refractivity contribution is 7.89. The van der Waals surface area contributed by atoms with Gasteiger partial charge in [-0.25, -0.2) is 13.2 Å². The summed E-state index contributed by atoms with van der Waals surface area (Å²) in [6.07, 6.45) is 3.14. The second-order valence-electron chi connectivity index (χ2n) is 7.62. The predicted octanol–water partition coefficient (Wildman–Crippen LogP) is 2.49. The quantitative estimate of drug-likeness (QED) is 0.697. The van der Waals surface area contributed by atoms with E-state index >= 15 is 0 Å². The van der Waals surface area contributed by atoms with Gasteiger partial charge in [0.2, 0.25) is 10.0 Å². The average molecular weight is 411 g/mol. The first-order valence-corrected chi connectivity index (χ1v) is 11.1. The number of rotatable bonds is 7. The summed E-state index contributed by atoms with van der Waals surface area (Å²) in [4.78, 5) is 24.9. The van der Waals surface area contributed by atoms with Gasteiger partial charge in [0.05, 0.1) is 12.0 Å². The lowest BCUT2D eigenvalue weighted by Gasteiger charge is -2.26. The van der Waals surface area contributed by atoms with Crippen LogP contribution in [0.3, 0.4) is 0 Å². The average Bonchev–Trinajstić information content (AvgIpc) is 2.67. The van der Waals surface area contributed by atoms with Gasteiger partial charge < -0.3 is 10.1 Å². The Morgan fingerprint density at radius 2 is 1.82 bits per heavy atom. The number of methoxy groups -OCH3 is 1. The Morgan fingerprint density at radius 1 is 1.18 bits per heavy atom. The van der Waals surface area contributed by atoms with Crippen LogP contribution < -0.4 is 5.32 Å². The molecule has 1 fully saturated rings. The molecule has 1 saturated heterocycles. The van der Waals surface area contributed by atoms with Crippen LogP contribution in [0.4, 0.5) is 0 Å². The smallest absolute Gasteiger partial charge is 0.328 e. The Morgan fingerprint density at radius 3 is 2.39 bits per heavy atom. The molecule has 1 amide bonds. The van der Waals surface area contributed by atoms with E-state index in [9.17, 15) is 18.0 Å². The lowest BCUT2D eigenvalue weighted by atomic mass is 10.0. The molecule has 1 aliphatic heterocycles. The van der Waals surface area contributed by atoms with Crippen molar-refractivity contribution in [2.75, 3.05) is 20.2 Å². The van der Waals surface area contributed by atoms with Crippen molar-refractivity contribution < 1.29 is 22.7 Å². The van der Waals surface area contributed by atoms with E-state index in [0.717, 1.165) is 19.3 Å². The fourth-order valence-electron chi connectivity index (χ4n) is 3.32. The molecule has 1 aromatic rings. The summed E-state index contributed by atoms with van der Waals surface area (Å²) in [6, 6.07) is 3.78. The summed E-state index contributed by atoms with van der Waals surface area (Å²) < 4.78 is 32.1. The number of carbonyl (C=O) groups excluding carboxylic acids is 2. The van der Waals surface area contributed by atoms with Crippen LogP contribution >= 0.6 is 0 Å². The fourth-order valence-corrected chi connectivity index (χ4v) is 4.87. The number of nitrogens with zero attached hydrogens (tertiary/aromatic N) is 1. The fraction of sp³-hybridized carbons (Fsp3) is 0.600. The van der Waals surface area contributed by atoms with Crippen molar-refractivity contribution in [3.8, 4) is 0 Å². The maximum atomic E-state index is 12.9. The minimum atomic E-state index is -3.64. The molecule has 0 radical (unpaired) electrons. The molecule has 1 atom stereocenters. The first-order valence-electron chi connectivity index (χ1n) is 9.66. The third-order valence-electron chi connectivity index (χ3n) is 4.90. The van der Waals surface area contributed by atoms with E-state index in [4.69, 9.17) is 4.74 Å². The Hall–Kier alpha value is -1.93. The van der Waals surface area contributed by atoms with Gasteiger partial charge in [-0.05, 0) is 49.8 Å². The van der Waals surface area contributed by atoms with Crippen molar-refractivity contribution in [2.45, 2.75) is 57.4 Å². The highest BCUT2D eigenvalue weighted by Crippen LogP contribution is 2.23. The second-order valence-corrected chi connectivity index (χ2v) is 9.56. The largest absolute Gasteiger partial charge is 0.467 e. The molecule has 1 aliphatic rings. The van der Waals surface area contributed by atoms with Crippen LogP contribution in [0.1, 0.15) is 55.5 Å². The Balaban J connectivity index is 2.28. The minimum absolute atomic E-state index is 0.101. The number of benzene rings is 1. The van der Waals surface area contributed by atoms with E-state index < -0.39 is 27.9 Å². The molecule has 0 spiro atoms. The molecule has 0 saturated carbocycles. The Kier molecular flexibility index (Phi) is 7.60. The standard InChI is InChI=1S/C20H30N2O5S/c1-14(2)12-18(20(24)27-4)21-19(23)17-13-16(9-8-15(17)3)28(25,26)22-10-6-5-7-11-22/h8-9,13-14,18H,5-7,10-12H2,1-4H3,(H,21,23). The van der Waals surface area contributed by atoms with Gasteiger partial charge >= 0.3 is 5.97 Å².